The van der Waals surface area contributed by atoms with Crippen molar-refractivity contribution >= 4 is 15.9 Å². The largest absolute Gasteiger partial charge is 0.337 e. The summed E-state index contributed by atoms with van der Waals surface area (Å²) in [6.45, 7) is 2.45. The number of rotatable bonds is 7. The van der Waals surface area contributed by atoms with E-state index >= 15 is 0 Å². The SMILES string of the molecule is Cc1ccc(S(=O)(=O)N(C)Cc2ccc(C(=O)N(C)Cc3ccc(F)cc3)cc2)cc1. The Morgan fingerprint density at radius 2 is 1.32 bits per heavy atom. The van der Waals surface area contributed by atoms with Gasteiger partial charge in [0.1, 0.15) is 5.82 Å². The van der Waals surface area contributed by atoms with E-state index in [1.165, 1.54) is 23.5 Å². The molecule has 0 spiro atoms. The second kappa shape index (κ2) is 9.41. The van der Waals surface area contributed by atoms with Crippen molar-refractivity contribution in [2.45, 2.75) is 24.9 Å². The van der Waals surface area contributed by atoms with Crippen molar-refractivity contribution in [2.24, 2.45) is 0 Å². The number of amides is 1. The van der Waals surface area contributed by atoms with E-state index < -0.39 is 10.0 Å². The number of sulfonamides is 1. The van der Waals surface area contributed by atoms with Gasteiger partial charge in [-0.1, -0.05) is 42.0 Å². The lowest BCUT2D eigenvalue weighted by Crippen LogP contribution is -2.27. The zero-order valence-electron chi connectivity index (χ0n) is 17.7. The second-order valence-electron chi connectivity index (χ2n) is 7.56. The Morgan fingerprint density at radius 1 is 0.806 bits per heavy atom. The molecule has 1 amide bonds. The number of hydrogen-bond acceptors (Lipinski definition) is 3. The van der Waals surface area contributed by atoms with Crippen LogP contribution in [-0.2, 0) is 23.1 Å². The first-order valence-electron chi connectivity index (χ1n) is 9.78. The first-order chi connectivity index (χ1) is 14.7. The summed E-state index contributed by atoms with van der Waals surface area (Å²) >= 11 is 0. The number of halogens is 1. The summed E-state index contributed by atoms with van der Waals surface area (Å²) in [7, 11) is -0.385. The molecule has 5 nitrogen and oxygen atoms in total. The van der Waals surface area contributed by atoms with Crippen molar-refractivity contribution in [1.29, 1.82) is 0 Å². The first-order valence-corrected chi connectivity index (χ1v) is 11.2. The molecule has 0 heterocycles. The van der Waals surface area contributed by atoms with Crippen LogP contribution in [0.25, 0.3) is 0 Å². The highest BCUT2D eigenvalue weighted by Crippen LogP contribution is 2.18. The summed E-state index contributed by atoms with van der Waals surface area (Å²) in [5.41, 5.74) is 3.09. The molecule has 7 heteroatoms. The third-order valence-electron chi connectivity index (χ3n) is 5.01. The average molecular weight is 441 g/mol. The van der Waals surface area contributed by atoms with Crippen molar-refractivity contribution in [3.63, 3.8) is 0 Å². The first kappa shape index (κ1) is 22.7. The predicted octanol–water partition coefficient (Wildman–Crippen LogP) is 4.23. The molecular formula is C24H25FN2O3S. The van der Waals surface area contributed by atoms with Gasteiger partial charge in [0.15, 0.2) is 0 Å². The van der Waals surface area contributed by atoms with Crippen LogP contribution in [0, 0.1) is 12.7 Å². The van der Waals surface area contributed by atoms with Gasteiger partial charge < -0.3 is 4.90 Å². The van der Waals surface area contributed by atoms with E-state index in [9.17, 15) is 17.6 Å². The lowest BCUT2D eigenvalue weighted by Gasteiger charge is -2.19. The van der Waals surface area contributed by atoms with Crippen LogP contribution in [0.5, 0.6) is 0 Å². The average Bonchev–Trinajstić information content (AvgIpc) is 2.75. The van der Waals surface area contributed by atoms with Gasteiger partial charge in [0.05, 0.1) is 4.90 Å². The Morgan fingerprint density at radius 3 is 1.90 bits per heavy atom. The smallest absolute Gasteiger partial charge is 0.253 e. The summed E-state index contributed by atoms with van der Waals surface area (Å²) in [6, 6.07) is 19.6. The van der Waals surface area contributed by atoms with Gasteiger partial charge in [0, 0.05) is 32.7 Å². The van der Waals surface area contributed by atoms with Crippen molar-refractivity contribution in [1.82, 2.24) is 9.21 Å². The molecule has 0 fully saturated rings. The van der Waals surface area contributed by atoms with Crippen LogP contribution in [0.4, 0.5) is 4.39 Å². The molecule has 0 aromatic heterocycles. The molecule has 31 heavy (non-hydrogen) atoms. The summed E-state index contributed by atoms with van der Waals surface area (Å²) in [6.07, 6.45) is 0. The summed E-state index contributed by atoms with van der Waals surface area (Å²) in [5, 5.41) is 0. The van der Waals surface area contributed by atoms with Gasteiger partial charge in [-0.25, -0.2) is 12.8 Å². The fourth-order valence-electron chi connectivity index (χ4n) is 3.14. The maximum absolute atomic E-state index is 13.0. The van der Waals surface area contributed by atoms with Gasteiger partial charge in [-0.3, -0.25) is 4.79 Å². The van der Waals surface area contributed by atoms with E-state index in [0.717, 1.165) is 16.7 Å². The van der Waals surface area contributed by atoms with Gasteiger partial charge in [-0.2, -0.15) is 4.31 Å². The van der Waals surface area contributed by atoms with Crippen LogP contribution >= 0.6 is 0 Å². The van der Waals surface area contributed by atoms with E-state index in [1.807, 2.05) is 6.92 Å². The normalized spacial score (nSPS) is 11.5. The van der Waals surface area contributed by atoms with Crippen molar-refractivity contribution in [3.8, 4) is 0 Å². The van der Waals surface area contributed by atoms with Gasteiger partial charge in [0.25, 0.3) is 5.91 Å². The van der Waals surface area contributed by atoms with Crippen molar-refractivity contribution in [2.75, 3.05) is 14.1 Å². The fourth-order valence-corrected chi connectivity index (χ4v) is 4.30. The van der Waals surface area contributed by atoms with Gasteiger partial charge >= 0.3 is 0 Å². The number of aryl methyl sites for hydroxylation is 1. The molecule has 3 aromatic rings. The van der Waals surface area contributed by atoms with E-state index in [0.29, 0.717) is 12.1 Å². The van der Waals surface area contributed by atoms with Crippen molar-refractivity contribution in [3.05, 3.63) is 101 Å². The van der Waals surface area contributed by atoms with E-state index in [4.69, 9.17) is 0 Å². The van der Waals surface area contributed by atoms with Crippen LogP contribution < -0.4 is 0 Å². The van der Waals surface area contributed by atoms with Crippen LogP contribution in [-0.4, -0.2) is 37.6 Å². The van der Waals surface area contributed by atoms with Gasteiger partial charge in [-0.05, 0) is 54.4 Å². The molecule has 0 radical (unpaired) electrons. The van der Waals surface area contributed by atoms with Crippen molar-refractivity contribution < 1.29 is 17.6 Å². The van der Waals surface area contributed by atoms with Crippen LogP contribution in [0.3, 0.4) is 0 Å². The quantitative estimate of drug-likeness (QED) is 0.553. The highest BCUT2D eigenvalue weighted by molar-refractivity contribution is 7.89. The third kappa shape index (κ3) is 5.57. The third-order valence-corrected chi connectivity index (χ3v) is 6.83. The number of carbonyl (C=O) groups is 1. The molecule has 0 N–H and O–H groups in total. The Balaban J connectivity index is 1.65. The Labute approximate surface area is 182 Å². The van der Waals surface area contributed by atoms with E-state index in [2.05, 4.69) is 0 Å². The molecule has 0 atom stereocenters. The summed E-state index contributed by atoms with van der Waals surface area (Å²) < 4.78 is 39.8. The van der Waals surface area contributed by atoms with Crippen LogP contribution in [0.2, 0.25) is 0 Å². The van der Waals surface area contributed by atoms with Crippen LogP contribution in [0.1, 0.15) is 27.0 Å². The fraction of sp³-hybridized carbons (Fsp3) is 0.208. The molecule has 0 bridgehead atoms. The number of hydrogen-bond donors (Lipinski definition) is 0. The van der Waals surface area contributed by atoms with E-state index in [-0.39, 0.29) is 23.2 Å². The molecule has 0 aliphatic carbocycles. The minimum atomic E-state index is -3.60. The standard InChI is InChI=1S/C24H25FN2O3S/c1-18-4-14-23(15-5-18)31(29,30)27(3)17-20-6-10-21(11-7-20)24(28)26(2)16-19-8-12-22(25)13-9-19/h4-15H,16-17H2,1-3H3. The molecule has 0 saturated heterocycles. The van der Waals surface area contributed by atoms with E-state index in [1.54, 1.807) is 72.6 Å². The zero-order valence-corrected chi connectivity index (χ0v) is 18.6. The lowest BCUT2D eigenvalue weighted by atomic mass is 10.1. The Bertz CT molecular complexity index is 1140. The minimum absolute atomic E-state index is 0.170. The van der Waals surface area contributed by atoms with Gasteiger partial charge in [0.2, 0.25) is 10.0 Å². The monoisotopic (exact) mass is 440 g/mol. The summed E-state index contributed by atoms with van der Waals surface area (Å²) in [5.74, 6) is -0.487. The molecule has 0 aliphatic heterocycles. The number of benzene rings is 3. The maximum Gasteiger partial charge on any atom is 0.253 e. The molecule has 3 rings (SSSR count). The molecular weight excluding hydrogens is 415 g/mol. The Kier molecular flexibility index (Phi) is 6.87. The molecule has 3 aromatic carbocycles. The highest BCUT2D eigenvalue weighted by atomic mass is 32.2. The molecule has 0 saturated carbocycles. The Hall–Kier alpha value is -3.03. The van der Waals surface area contributed by atoms with Gasteiger partial charge in [-0.15, -0.1) is 0 Å². The highest BCUT2D eigenvalue weighted by Gasteiger charge is 2.21. The molecule has 0 aliphatic rings. The predicted molar refractivity (Wildman–Crippen MR) is 118 cm³/mol. The minimum Gasteiger partial charge on any atom is -0.337 e. The summed E-state index contributed by atoms with van der Waals surface area (Å²) in [4.78, 5) is 14.5. The number of carbonyl (C=O) groups excluding carboxylic acids is 1. The van der Waals surface area contributed by atoms with Crippen LogP contribution in [0.15, 0.2) is 77.7 Å². The maximum atomic E-state index is 13.0. The lowest BCUT2D eigenvalue weighted by molar-refractivity contribution is 0.0785. The zero-order chi connectivity index (χ0) is 22.6. The topological polar surface area (TPSA) is 57.7 Å². The molecule has 162 valence electrons. The molecule has 0 unspecified atom stereocenters. The second-order valence-corrected chi connectivity index (χ2v) is 9.60. The number of nitrogens with zero attached hydrogens (tertiary/aromatic N) is 2.